The van der Waals surface area contributed by atoms with Crippen LogP contribution < -0.4 is 10.1 Å². The zero-order valence-electron chi connectivity index (χ0n) is 15.1. The van der Waals surface area contributed by atoms with Crippen molar-refractivity contribution in [3.63, 3.8) is 0 Å². The van der Waals surface area contributed by atoms with Crippen LogP contribution in [-0.4, -0.2) is 62.0 Å². The number of aliphatic hydroxyl groups excluding tert-OH is 1. The quantitative estimate of drug-likeness (QED) is 0.765. The first-order valence-electron chi connectivity index (χ1n) is 9.17. The Labute approximate surface area is 153 Å². The molecule has 1 saturated heterocycles. The normalized spacial score (nSPS) is 24.6. The lowest BCUT2D eigenvalue weighted by Crippen LogP contribution is -2.43. The van der Waals surface area contributed by atoms with E-state index in [1.807, 2.05) is 0 Å². The third kappa shape index (κ3) is 4.72. The van der Waals surface area contributed by atoms with Crippen molar-refractivity contribution < 1.29 is 23.8 Å². The number of methoxy groups -OCH3 is 1. The summed E-state index contributed by atoms with van der Waals surface area (Å²) in [6.45, 7) is 3.78. The van der Waals surface area contributed by atoms with E-state index >= 15 is 0 Å². The molecule has 0 bridgehead atoms. The first-order chi connectivity index (χ1) is 12.6. The van der Waals surface area contributed by atoms with Crippen LogP contribution in [0.4, 0.5) is 4.39 Å². The smallest absolute Gasteiger partial charge is 0.221 e. The lowest BCUT2D eigenvalue weighted by Gasteiger charge is -2.38. The highest BCUT2D eigenvalue weighted by Gasteiger charge is 2.36. The molecular weight excluding hydrogens is 339 g/mol. The van der Waals surface area contributed by atoms with E-state index in [1.54, 1.807) is 12.1 Å². The highest BCUT2D eigenvalue weighted by atomic mass is 19.1. The molecule has 0 spiro atoms. The van der Waals surface area contributed by atoms with Gasteiger partial charge in [-0.25, -0.2) is 4.39 Å². The number of carbonyl (C=O) groups excluding carboxylic acids is 1. The third-order valence-electron chi connectivity index (χ3n) is 5.23. The minimum atomic E-state index is -0.447. The molecule has 7 heteroatoms. The number of hydrogen-bond acceptors (Lipinski definition) is 5. The number of nitrogens with one attached hydrogen (secondary N) is 1. The molecule has 2 fully saturated rings. The van der Waals surface area contributed by atoms with Crippen molar-refractivity contribution in [2.75, 3.05) is 40.0 Å². The monoisotopic (exact) mass is 366 g/mol. The molecule has 1 aliphatic carbocycles. The predicted octanol–water partition coefficient (Wildman–Crippen LogP) is 1.48. The maximum atomic E-state index is 14.1. The zero-order valence-corrected chi connectivity index (χ0v) is 15.1. The second-order valence-electron chi connectivity index (χ2n) is 7.03. The van der Waals surface area contributed by atoms with Gasteiger partial charge in [0.15, 0.2) is 11.6 Å². The van der Waals surface area contributed by atoms with Crippen molar-refractivity contribution in [1.29, 1.82) is 0 Å². The van der Waals surface area contributed by atoms with Crippen LogP contribution in [0.3, 0.4) is 0 Å². The van der Waals surface area contributed by atoms with Gasteiger partial charge in [0.05, 0.1) is 32.5 Å². The molecule has 1 saturated carbocycles. The largest absolute Gasteiger partial charge is 0.494 e. The van der Waals surface area contributed by atoms with Crippen molar-refractivity contribution >= 4 is 5.91 Å². The number of nitrogens with zero attached hydrogens (tertiary/aromatic N) is 1. The minimum Gasteiger partial charge on any atom is -0.494 e. The van der Waals surface area contributed by atoms with Crippen molar-refractivity contribution in [3.05, 3.63) is 29.6 Å². The molecule has 2 aliphatic rings. The maximum Gasteiger partial charge on any atom is 0.221 e. The highest BCUT2D eigenvalue weighted by Crippen LogP contribution is 2.39. The molecular formula is C19H27FN2O4. The number of carbonyl (C=O) groups is 1. The molecule has 1 heterocycles. The van der Waals surface area contributed by atoms with Gasteiger partial charge in [0, 0.05) is 26.1 Å². The van der Waals surface area contributed by atoms with Gasteiger partial charge in [-0.3, -0.25) is 9.69 Å². The number of benzene rings is 1. The fourth-order valence-corrected chi connectivity index (χ4v) is 3.58. The van der Waals surface area contributed by atoms with Crippen molar-refractivity contribution in [1.82, 2.24) is 10.2 Å². The Bertz CT molecular complexity index is 616. The van der Waals surface area contributed by atoms with Gasteiger partial charge in [-0.05, 0) is 36.5 Å². The van der Waals surface area contributed by atoms with Crippen LogP contribution in [0.15, 0.2) is 18.2 Å². The molecule has 0 aromatic heterocycles. The number of hydrogen-bond donors (Lipinski definition) is 2. The van der Waals surface area contributed by atoms with Gasteiger partial charge in [-0.1, -0.05) is 6.07 Å². The van der Waals surface area contributed by atoms with E-state index in [2.05, 4.69) is 10.2 Å². The van der Waals surface area contributed by atoms with E-state index in [0.29, 0.717) is 44.6 Å². The van der Waals surface area contributed by atoms with Gasteiger partial charge < -0.3 is 19.9 Å². The summed E-state index contributed by atoms with van der Waals surface area (Å²) in [6, 6.07) is 4.47. The summed E-state index contributed by atoms with van der Waals surface area (Å²) in [4.78, 5) is 14.7. The first kappa shape index (κ1) is 19.1. The first-order valence-corrected chi connectivity index (χ1v) is 9.17. The lowest BCUT2D eigenvalue weighted by atomic mass is 9.75. The highest BCUT2D eigenvalue weighted by molar-refractivity contribution is 5.76. The Morgan fingerprint density at radius 1 is 1.42 bits per heavy atom. The number of ether oxygens (including phenoxy) is 2. The molecule has 6 nitrogen and oxygen atoms in total. The maximum absolute atomic E-state index is 14.1. The van der Waals surface area contributed by atoms with Crippen LogP contribution in [0.25, 0.3) is 0 Å². The van der Waals surface area contributed by atoms with E-state index < -0.39 is 5.82 Å². The molecule has 1 aromatic rings. The van der Waals surface area contributed by atoms with Crippen LogP contribution in [-0.2, 0) is 9.53 Å². The molecule has 1 amide bonds. The standard InChI is InChI=1S/C19H27FN2O4/c1-25-17-3-2-13(12-16(17)20)19(14-10-15(23)11-14)21-18(24)4-5-22-6-8-26-9-7-22/h2-3,12,14-15,19,23H,4-11H2,1H3,(H,21,24)/t14?,15?,19-/m0/s1. The fourth-order valence-electron chi connectivity index (χ4n) is 3.58. The van der Waals surface area contributed by atoms with Crippen molar-refractivity contribution in [2.24, 2.45) is 5.92 Å². The molecule has 0 unspecified atom stereocenters. The summed E-state index contributed by atoms with van der Waals surface area (Å²) in [5.74, 6) is -0.207. The number of morpholine rings is 1. The van der Waals surface area contributed by atoms with E-state index in [4.69, 9.17) is 9.47 Å². The Morgan fingerprint density at radius 3 is 2.77 bits per heavy atom. The molecule has 0 radical (unpaired) electrons. The predicted molar refractivity (Wildman–Crippen MR) is 94.4 cm³/mol. The van der Waals surface area contributed by atoms with Gasteiger partial charge in [0.25, 0.3) is 0 Å². The van der Waals surface area contributed by atoms with Crippen LogP contribution >= 0.6 is 0 Å². The van der Waals surface area contributed by atoms with Crippen LogP contribution in [0.5, 0.6) is 5.75 Å². The number of rotatable bonds is 7. The molecule has 26 heavy (non-hydrogen) atoms. The van der Waals surface area contributed by atoms with Gasteiger partial charge in [-0.15, -0.1) is 0 Å². The molecule has 144 valence electrons. The summed E-state index contributed by atoms with van der Waals surface area (Å²) in [5.41, 5.74) is 0.708. The van der Waals surface area contributed by atoms with E-state index in [0.717, 1.165) is 13.1 Å². The van der Waals surface area contributed by atoms with Crippen molar-refractivity contribution in [3.8, 4) is 5.75 Å². The fraction of sp³-hybridized carbons (Fsp3) is 0.632. The van der Waals surface area contributed by atoms with Gasteiger partial charge >= 0.3 is 0 Å². The Kier molecular flexibility index (Phi) is 6.45. The molecule has 3 rings (SSSR count). The number of halogens is 1. The summed E-state index contributed by atoms with van der Waals surface area (Å²) >= 11 is 0. The Hall–Kier alpha value is -1.70. The Morgan fingerprint density at radius 2 is 2.15 bits per heavy atom. The third-order valence-corrected chi connectivity index (χ3v) is 5.23. The van der Waals surface area contributed by atoms with E-state index in [-0.39, 0.29) is 29.7 Å². The number of amides is 1. The second-order valence-corrected chi connectivity index (χ2v) is 7.03. The Balaban J connectivity index is 1.62. The average molecular weight is 366 g/mol. The second kappa shape index (κ2) is 8.79. The van der Waals surface area contributed by atoms with Crippen LogP contribution in [0.1, 0.15) is 30.9 Å². The summed E-state index contributed by atoms with van der Waals surface area (Å²) < 4.78 is 24.4. The zero-order chi connectivity index (χ0) is 18.5. The van der Waals surface area contributed by atoms with Crippen LogP contribution in [0, 0.1) is 11.7 Å². The summed E-state index contributed by atoms with van der Waals surface area (Å²) in [6.07, 6.45) is 1.28. The van der Waals surface area contributed by atoms with Gasteiger partial charge in [0.1, 0.15) is 0 Å². The molecule has 1 atom stereocenters. The van der Waals surface area contributed by atoms with E-state index in [9.17, 15) is 14.3 Å². The van der Waals surface area contributed by atoms with E-state index in [1.165, 1.54) is 13.2 Å². The van der Waals surface area contributed by atoms with Gasteiger partial charge in [0.2, 0.25) is 5.91 Å². The lowest BCUT2D eigenvalue weighted by molar-refractivity contribution is -0.123. The average Bonchev–Trinajstić information content (AvgIpc) is 2.63. The van der Waals surface area contributed by atoms with Gasteiger partial charge in [-0.2, -0.15) is 0 Å². The number of aliphatic hydroxyl groups is 1. The summed E-state index contributed by atoms with van der Waals surface area (Å²) in [5, 5.41) is 12.7. The van der Waals surface area contributed by atoms with Crippen LogP contribution in [0.2, 0.25) is 0 Å². The minimum absolute atomic E-state index is 0.0564. The molecule has 1 aromatic carbocycles. The van der Waals surface area contributed by atoms with Crippen molar-refractivity contribution in [2.45, 2.75) is 31.4 Å². The molecule has 1 aliphatic heterocycles. The summed E-state index contributed by atoms with van der Waals surface area (Å²) in [7, 11) is 1.42. The topological polar surface area (TPSA) is 71.0 Å². The molecule has 2 N–H and O–H groups in total. The SMILES string of the molecule is COc1ccc([C@H](NC(=O)CCN2CCOCC2)C2CC(O)C2)cc1F.